The van der Waals surface area contributed by atoms with Gasteiger partial charge in [0.1, 0.15) is 22.6 Å². The maximum Gasteiger partial charge on any atom is 0.410 e. The maximum atomic E-state index is 14.0. The Labute approximate surface area is 221 Å². The summed E-state index contributed by atoms with van der Waals surface area (Å²) in [6.07, 6.45) is 1.60. The minimum Gasteiger partial charge on any atom is -0.444 e. The summed E-state index contributed by atoms with van der Waals surface area (Å²) < 4.78 is 7.37. The minimum atomic E-state index is -0.565. The largest absolute Gasteiger partial charge is 0.444 e. The van der Waals surface area contributed by atoms with Crippen molar-refractivity contribution in [1.82, 2.24) is 19.2 Å². The summed E-state index contributed by atoms with van der Waals surface area (Å²) in [5, 5.41) is 0.616. The first-order valence-corrected chi connectivity index (χ1v) is 12.7. The third-order valence-corrected chi connectivity index (χ3v) is 6.52. The highest BCUT2D eigenvalue weighted by Crippen LogP contribution is 2.29. The van der Waals surface area contributed by atoms with Crippen LogP contribution in [0.1, 0.15) is 31.3 Å². The van der Waals surface area contributed by atoms with Gasteiger partial charge in [-0.1, -0.05) is 54.1 Å². The van der Waals surface area contributed by atoms with Crippen LogP contribution in [0.15, 0.2) is 72.9 Å². The molecule has 0 aliphatic carbocycles. The average molecular weight is 517 g/mol. The van der Waals surface area contributed by atoms with E-state index in [0.29, 0.717) is 48.2 Å². The standard InChI is InChI=1S/C29H29ClN4O3/c1-29(2,3)37-28(36)33-17-15-32(16-18-33)27(35)26-25(21-9-12-23(30)13-10-21)31-24-14-11-22(19-34(24)26)20-7-5-4-6-8-20/h4-14,19H,15-18H2,1-3H3. The van der Waals surface area contributed by atoms with Crippen LogP contribution in [0.5, 0.6) is 0 Å². The lowest BCUT2D eigenvalue weighted by Crippen LogP contribution is -2.51. The molecule has 5 rings (SSSR count). The topological polar surface area (TPSA) is 67.2 Å². The van der Waals surface area contributed by atoms with Crippen LogP contribution in [-0.4, -0.2) is 63.0 Å². The van der Waals surface area contributed by atoms with Gasteiger partial charge in [-0.05, 0) is 56.2 Å². The predicted octanol–water partition coefficient (Wildman–Crippen LogP) is 6.01. The first-order valence-electron chi connectivity index (χ1n) is 12.3. The van der Waals surface area contributed by atoms with Crippen molar-refractivity contribution < 1.29 is 14.3 Å². The smallest absolute Gasteiger partial charge is 0.410 e. The zero-order chi connectivity index (χ0) is 26.2. The lowest BCUT2D eigenvalue weighted by Gasteiger charge is -2.35. The average Bonchev–Trinajstić information content (AvgIpc) is 3.27. The predicted molar refractivity (Wildman–Crippen MR) is 145 cm³/mol. The molecule has 1 aliphatic heterocycles. The van der Waals surface area contributed by atoms with Crippen LogP contribution in [0.2, 0.25) is 5.02 Å². The zero-order valence-electron chi connectivity index (χ0n) is 21.1. The van der Waals surface area contributed by atoms with Crippen molar-refractivity contribution in [2.75, 3.05) is 26.2 Å². The molecule has 37 heavy (non-hydrogen) atoms. The number of imidazole rings is 1. The number of carbonyl (C=O) groups excluding carboxylic acids is 2. The van der Waals surface area contributed by atoms with Crippen LogP contribution in [0.4, 0.5) is 4.79 Å². The molecule has 2 aromatic heterocycles. The number of ether oxygens (including phenoxy) is 1. The second-order valence-corrected chi connectivity index (χ2v) is 10.5. The molecule has 0 radical (unpaired) electrons. The maximum absolute atomic E-state index is 14.0. The molecule has 0 saturated carbocycles. The minimum absolute atomic E-state index is 0.133. The van der Waals surface area contributed by atoms with Gasteiger partial charge < -0.3 is 14.5 Å². The Balaban J connectivity index is 1.50. The normalized spacial score (nSPS) is 14.2. The molecule has 0 N–H and O–H groups in total. The molecule has 3 heterocycles. The van der Waals surface area contributed by atoms with Crippen LogP contribution >= 0.6 is 11.6 Å². The molecule has 4 aromatic rings. The highest BCUT2D eigenvalue weighted by atomic mass is 35.5. The second-order valence-electron chi connectivity index (χ2n) is 10.1. The van der Waals surface area contributed by atoms with E-state index in [2.05, 4.69) is 0 Å². The van der Waals surface area contributed by atoms with Crippen molar-refractivity contribution in [2.24, 2.45) is 0 Å². The Kier molecular flexibility index (Phi) is 6.65. The number of hydrogen-bond donors (Lipinski definition) is 0. The number of halogens is 1. The van der Waals surface area contributed by atoms with Crippen molar-refractivity contribution in [1.29, 1.82) is 0 Å². The fourth-order valence-electron chi connectivity index (χ4n) is 4.43. The van der Waals surface area contributed by atoms with E-state index in [4.69, 9.17) is 21.3 Å². The molecule has 8 heteroatoms. The number of carbonyl (C=O) groups is 2. The van der Waals surface area contributed by atoms with Gasteiger partial charge in [-0.25, -0.2) is 9.78 Å². The molecule has 2 amide bonds. The Morgan fingerprint density at radius 1 is 0.811 bits per heavy atom. The Morgan fingerprint density at radius 2 is 1.43 bits per heavy atom. The molecular weight excluding hydrogens is 488 g/mol. The number of pyridine rings is 1. The Bertz CT molecular complexity index is 1430. The summed E-state index contributed by atoms with van der Waals surface area (Å²) in [5.41, 5.74) is 4.05. The zero-order valence-corrected chi connectivity index (χ0v) is 21.9. The molecule has 0 spiro atoms. The summed E-state index contributed by atoms with van der Waals surface area (Å²) in [4.78, 5) is 34.8. The van der Waals surface area contributed by atoms with Gasteiger partial charge in [0.2, 0.25) is 0 Å². The van der Waals surface area contributed by atoms with Gasteiger partial charge in [-0.2, -0.15) is 0 Å². The van der Waals surface area contributed by atoms with E-state index in [1.54, 1.807) is 21.9 Å². The number of aromatic nitrogens is 2. The quantitative estimate of drug-likeness (QED) is 0.334. The van der Waals surface area contributed by atoms with Crippen LogP contribution in [0.3, 0.4) is 0 Å². The van der Waals surface area contributed by atoms with Crippen molar-refractivity contribution in [3.8, 4) is 22.4 Å². The second kappa shape index (κ2) is 9.90. The van der Waals surface area contributed by atoms with E-state index in [1.165, 1.54) is 0 Å². The third-order valence-electron chi connectivity index (χ3n) is 6.26. The van der Waals surface area contributed by atoms with Gasteiger partial charge in [0.25, 0.3) is 5.91 Å². The van der Waals surface area contributed by atoms with Crippen LogP contribution in [-0.2, 0) is 4.74 Å². The van der Waals surface area contributed by atoms with E-state index in [-0.39, 0.29) is 12.0 Å². The van der Waals surface area contributed by atoms with Gasteiger partial charge in [-0.3, -0.25) is 9.20 Å². The first kappa shape index (κ1) is 24.8. The molecule has 1 aliphatic rings. The number of fused-ring (bicyclic) bond motifs is 1. The monoisotopic (exact) mass is 516 g/mol. The fourth-order valence-corrected chi connectivity index (χ4v) is 4.55. The van der Waals surface area contributed by atoms with Crippen LogP contribution < -0.4 is 0 Å². The lowest BCUT2D eigenvalue weighted by molar-refractivity contribution is 0.0140. The molecule has 2 aromatic carbocycles. The molecule has 1 saturated heterocycles. The number of amides is 2. The van der Waals surface area contributed by atoms with Gasteiger partial charge in [0.15, 0.2) is 0 Å². The fraction of sp³-hybridized carbons (Fsp3) is 0.276. The number of rotatable bonds is 3. The molecule has 0 bridgehead atoms. The first-order chi connectivity index (χ1) is 17.7. The number of hydrogen-bond acceptors (Lipinski definition) is 4. The van der Waals surface area contributed by atoms with Crippen LogP contribution in [0, 0.1) is 0 Å². The summed E-state index contributed by atoms with van der Waals surface area (Å²) in [7, 11) is 0. The number of benzene rings is 2. The molecule has 0 atom stereocenters. The summed E-state index contributed by atoms with van der Waals surface area (Å²) in [5.74, 6) is -0.133. The van der Waals surface area contributed by atoms with E-state index in [0.717, 1.165) is 16.7 Å². The van der Waals surface area contributed by atoms with Crippen LogP contribution in [0.25, 0.3) is 28.0 Å². The summed E-state index contributed by atoms with van der Waals surface area (Å²) >= 11 is 6.13. The van der Waals surface area contributed by atoms with Gasteiger partial charge in [-0.15, -0.1) is 0 Å². The van der Waals surface area contributed by atoms with Crippen molar-refractivity contribution >= 4 is 29.2 Å². The van der Waals surface area contributed by atoms with E-state index >= 15 is 0 Å². The molecule has 7 nitrogen and oxygen atoms in total. The van der Waals surface area contributed by atoms with Crippen molar-refractivity contribution in [3.05, 3.63) is 83.6 Å². The van der Waals surface area contributed by atoms with E-state index < -0.39 is 5.60 Å². The van der Waals surface area contributed by atoms with E-state index in [9.17, 15) is 9.59 Å². The van der Waals surface area contributed by atoms with Gasteiger partial charge in [0, 0.05) is 43.0 Å². The third kappa shape index (κ3) is 5.32. The summed E-state index contributed by atoms with van der Waals surface area (Å²) in [6, 6.07) is 21.3. The van der Waals surface area contributed by atoms with E-state index in [1.807, 2.05) is 86.0 Å². The van der Waals surface area contributed by atoms with Crippen molar-refractivity contribution in [2.45, 2.75) is 26.4 Å². The number of piperazine rings is 1. The highest BCUT2D eigenvalue weighted by Gasteiger charge is 2.31. The molecule has 190 valence electrons. The molecule has 1 fully saturated rings. The summed E-state index contributed by atoms with van der Waals surface area (Å²) in [6.45, 7) is 7.16. The van der Waals surface area contributed by atoms with Gasteiger partial charge in [0.05, 0.1) is 0 Å². The highest BCUT2D eigenvalue weighted by molar-refractivity contribution is 6.30. The van der Waals surface area contributed by atoms with Crippen molar-refractivity contribution in [3.63, 3.8) is 0 Å². The van der Waals surface area contributed by atoms with Gasteiger partial charge >= 0.3 is 6.09 Å². The Morgan fingerprint density at radius 3 is 2.08 bits per heavy atom. The molecular formula is C29H29ClN4O3. The SMILES string of the molecule is CC(C)(C)OC(=O)N1CCN(C(=O)c2c(-c3ccc(Cl)cc3)nc3ccc(-c4ccccc4)cn23)CC1. The number of nitrogens with zero attached hydrogens (tertiary/aromatic N) is 4. The lowest BCUT2D eigenvalue weighted by atomic mass is 10.1. The molecule has 0 unspecified atom stereocenters. The Hall–Kier alpha value is -3.84.